The Bertz CT molecular complexity index is 395. The van der Waals surface area contributed by atoms with Crippen LogP contribution in [0.4, 0.5) is 4.79 Å². The molecule has 2 fully saturated rings. The maximum atomic E-state index is 11.9. The summed E-state index contributed by atoms with van der Waals surface area (Å²) < 4.78 is 22.7. The maximum absolute atomic E-state index is 11.9. The van der Waals surface area contributed by atoms with Gasteiger partial charge in [0, 0.05) is 26.2 Å². The molecule has 7 heteroatoms. The molecule has 16 heavy (non-hydrogen) atoms. The van der Waals surface area contributed by atoms with Gasteiger partial charge < -0.3 is 15.5 Å². The van der Waals surface area contributed by atoms with Crippen LogP contribution >= 0.6 is 0 Å². The summed E-state index contributed by atoms with van der Waals surface area (Å²) >= 11 is 0. The molecular formula is C9H17N3O3S. The highest BCUT2D eigenvalue weighted by Gasteiger charge is 2.41. The van der Waals surface area contributed by atoms with Crippen LogP contribution in [0.25, 0.3) is 0 Å². The number of hydrogen-bond acceptors (Lipinski definition) is 4. The van der Waals surface area contributed by atoms with E-state index in [-0.39, 0.29) is 29.6 Å². The molecule has 2 heterocycles. The highest BCUT2D eigenvalue weighted by atomic mass is 32.2. The smallest absolute Gasteiger partial charge is 0.320 e. The van der Waals surface area contributed by atoms with Crippen molar-refractivity contribution in [1.29, 1.82) is 0 Å². The molecule has 2 aliphatic heterocycles. The number of urea groups is 1. The van der Waals surface area contributed by atoms with Crippen molar-refractivity contribution in [1.82, 2.24) is 9.80 Å². The molecule has 6 nitrogen and oxygen atoms in total. The van der Waals surface area contributed by atoms with E-state index in [1.807, 2.05) is 0 Å². The minimum atomic E-state index is -2.94. The quantitative estimate of drug-likeness (QED) is 0.669. The molecule has 2 N–H and O–H groups in total. The Labute approximate surface area is 95.3 Å². The number of nitrogens with zero attached hydrogens (tertiary/aromatic N) is 2. The van der Waals surface area contributed by atoms with Crippen LogP contribution in [-0.4, -0.2) is 68.0 Å². The van der Waals surface area contributed by atoms with E-state index in [1.165, 1.54) is 0 Å². The number of nitrogens with two attached hydrogens (primary N) is 1. The fraction of sp³-hybridized carbons (Fsp3) is 0.889. The molecule has 2 saturated heterocycles. The lowest BCUT2D eigenvalue weighted by Crippen LogP contribution is -2.39. The minimum Gasteiger partial charge on any atom is -0.328 e. The topological polar surface area (TPSA) is 83.7 Å². The molecule has 0 radical (unpaired) electrons. The molecule has 0 spiro atoms. The normalized spacial score (nSPS) is 33.8. The predicted octanol–water partition coefficient (Wildman–Crippen LogP) is -1.13. The van der Waals surface area contributed by atoms with Crippen LogP contribution < -0.4 is 5.73 Å². The summed E-state index contributed by atoms with van der Waals surface area (Å²) in [6.07, 6.45) is 0.555. The van der Waals surface area contributed by atoms with Gasteiger partial charge in [0.1, 0.15) is 0 Å². The Morgan fingerprint density at radius 1 is 1.50 bits per heavy atom. The fourth-order valence-corrected chi connectivity index (χ4v) is 4.08. The van der Waals surface area contributed by atoms with Crippen molar-refractivity contribution in [2.24, 2.45) is 5.73 Å². The molecule has 2 atom stereocenters. The Morgan fingerprint density at radius 3 is 2.62 bits per heavy atom. The van der Waals surface area contributed by atoms with E-state index in [4.69, 9.17) is 5.73 Å². The van der Waals surface area contributed by atoms with Crippen molar-refractivity contribution in [2.75, 3.05) is 31.6 Å². The lowest BCUT2D eigenvalue weighted by Gasteiger charge is -2.21. The average Bonchev–Trinajstić information content (AvgIpc) is 2.70. The van der Waals surface area contributed by atoms with Crippen molar-refractivity contribution in [3.05, 3.63) is 0 Å². The van der Waals surface area contributed by atoms with E-state index >= 15 is 0 Å². The summed E-state index contributed by atoms with van der Waals surface area (Å²) in [4.78, 5) is 15.1. The molecule has 2 amide bonds. The molecule has 0 bridgehead atoms. The lowest BCUT2D eigenvalue weighted by molar-refractivity contribution is 0.185. The molecular weight excluding hydrogens is 230 g/mol. The van der Waals surface area contributed by atoms with Crippen LogP contribution in [0.5, 0.6) is 0 Å². The third-order valence-corrected chi connectivity index (χ3v) is 5.17. The van der Waals surface area contributed by atoms with Crippen molar-refractivity contribution in [3.63, 3.8) is 0 Å². The van der Waals surface area contributed by atoms with E-state index in [1.54, 1.807) is 16.8 Å². The number of rotatable bonds is 2. The molecule has 2 unspecified atom stereocenters. The van der Waals surface area contributed by atoms with Gasteiger partial charge in [0.25, 0.3) is 0 Å². The summed E-state index contributed by atoms with van der Waals surface area (Å²) in [5.74, 6) is 0.294. The number of carbonyl (C=O) groups is 1. The Morgan fingerprint density at radius 2 is 2.19 bits per heavy atom. The van der Waals surface area contributed by atoms with Crippen LogP contribution in [0.15, 0.2) is 0 Å². The summed E-state index contributed by atoms with van der Waals surface area (Å²) in [5, 5.41) is 0. The molecule has 0 aromatic heterocycles. The summed E-state index contributed by atoms with van der Waals surface area (Å²) in [6, 6.07) is -0.246. The Kier molecular flexibility index (Phi) is 2.83. The van der Waals surface area contributed by atoms with Crippen LogP contribution in [0.2, 0.25) is 0 Å². The van der Waals surface area contributed by atoms with Gasteiger partial charge in [-0.1, -0.05) is 0 Å². The van der Waals surface area contributed by atoms with Gasteiger partial charge >= 0.3 is 6.03 Å². The van der Waals surface area contributed by atoms with Crippen LogP contribution in [-0.2, 0) is 9.84 Å². The van der Waals surface area contributed by atoms with Gasteiger partial charge in [-0.3, -0.25) is 0 Å². The zero-order valence-corrected chi connectivity index (χ0v) is 10.1. The second-order valence-electron chi connectivity index (χ2n) is 4.49. The number of sulfone groups is 1. The maximum Gasteiger partial charge on any atom is 0.320 e. The van der Waals surface area contributed by atoms with Gasteiger partial charge in [-0.15, -0.1) is 0 Å². The van der Waals surface area contributed by atoms with Crippen molar-refractivity contribution < 1.29 is 13.2 Å². The number of hydrogen-bond donors (Lipinski definition) is 1. The van der Waals surface area contributed by atoms with E-state index in [0.717, 1.165) is 0 Å². The minimum absolute atomic E-state index is 0.0100. The first-order valence-corrected chi connectivity index (χ1v) is 7.20. The van der Waals surface area contributed by atoms with Crippen molar-refractivity contribution >= 4 is 15.9 Å². The first-order valence-electron chi connectivity index (χ1n) is 5.38. The monoisotopic (exact) mass is 247 g/mol. The van der Waals surface area contributed by atoms with Gasteiger partial charge in [-0.05, 0) is 6.42 Å². The SMILES string of the molecule is CN1C(=O)N(C2CCS(=O)(=O)C2)CC1CN. The average molecular weight is 247 g/mol. The highest BCUT2D eigenvalue weighted by Crippen LogP contribution is 2.23. The molecule has 2 aliphatic rings. The number of amides is 2. The Hall–Kier alpha value is -0.820. The first kappa shape index (κ1) is 11.7. The van der Waals surface area contributed by atoms with Crippen LogP contribution in [0.3, 0.4) is 0 Å². The van der Waals surface area contributed by atoms with E-state index in [0.29, 0.717) is 19.5 Å². The summed E-state index contributed by atoms with van der Waals surface area (Å²) in [6.45, 7) is 0.963. The zero-order valence-electron chi connectivity index (χ0n) is 9.30. The fourth-order valence-electron chi connectivity index (χ4n) is 2.35. The Balaban J connectivity index is 2.10. The van der Waals surface area contributed by atoms with Crippen molar-refractivity contribution in [2.45, 2.75) is 18.5 Å². The third-order valence-electron chi connectivity index (χ3n) is 3.42. The summed E-state index contributed by atoms with van der Waals surface area (Å²) in [7, 11) is -1.23. The van der Waals surface area contributed by atoms with E-state index in [9.17, 15) is 13.2 Å². The lowest BCUT2D eigenvalue weighted by atomic mass is 10.2. The van der Waals surface area contributed by atoms with Gasteiger partial charge in [-0.25, -0.2) is 13.2 Å². The standard InChI is InChI=1S/C9H17N3O3S/c1-11-8(4-10)5-12(9(11)13)7-2-3-16(14,15)6-7/h7-8H,2-6,10H2,1H3. The van der Waals surface area contributed by atoms with Gasteiger partial charge in [0.2, 0.25) is 0 Å². The van der Waals surface area contributed by atoms with E-state index < -0.39 is 9.84 Å². The molecule has 0 aliphatic carbocycles. The largest absolute Gasteiger partial charge is 0.328 e. The van der Waals surface area contributed by atoms with Gasteiger partial charge in [0.05, 0.1) is 17.5 Å². The number of likely N-dealkylation sites (N-methyl/N-ethyl adjacent to an activating group) is 1. The summed E-state index contributed by atoms with van der Waals surface area (Å²) in [5.41, 5.74) is 5.56. The number of carbonyl (C=O) groups excluding carboxylic acids is 1. The van der Waals surface area contributed by atoms with Crippen LogP contribution in [0, 0.1) is 0 Å². The highest BCUT2D eigenvalue weighted by molar-refractivity contribution is 7.91. The van der Waals surface area contributed by atoms with Crippen molar-refractivity contribution in [3.8, 4) is 0 Å². The molecule has 0 aromatic rings. The molecule has 2 rings (SSSR count). The molecule has 0 saturated carbocycles. The second-order valence-corrected chi connectivity index (χ2v) is 6.72. The third kappa shape index (κ3) is 1.89. The second kappa shape index (κ2) is 3.89. The van der Waals surface area contributed by atoms with E-state index in [2.05, 4.69) is 0 Å². The van der Waals surface area contributed by atoms with Gasteiger partial charge in [0.15, 0.2) is 9.84 Å². The molecule has 92 valence electrons. The predicted molar refractivity (Wildman–Crippen MR) is 59.8 cm³/mol. The first-order chi connectivity index (χ1) is 7.44. The van der Waals surface area contributed by atoms with Crippen LogP contribution in [0.1, 0.15) is 6.42 Å². The zero-order chi connectivity index (χ0) is 11.9. The van der Waals surface area contributed by atoms with Gasteiger partial charge in [-0.2, -0.15) is 0 Å². The molecule has 0 aromatic carbocycles.